The Labute approximate surface area is 124 Å². The summed E-state index contributed by atoms with van der Waals surface area (Å²) >= 11 is 3.33. The van der Waals surface area contributed by atoms with E-state index in [4.69, 9.17) is 14.2 Å². The Hall–Kier alpha value is -2.01. The van der Waals surface area contributed by atoms with Crippen molar-refractivity contribution in [1.29, 1.82) is 0 Å². The smallest absolute Gasteiger partial charge is 0.356 e. The first-order valence-corrected chi connectivity index (χ1v) is 6.88. The Morgan fingerprint density at radius 2 is 1.80 bits per heavy atom. The lowest BCUT2D eigenvalue weighted by atomic mass is 10.2. The average Bonchev–Trinajstić information content (AvgIpc) is 2.49. The van der Waals surface area contributed by atoms with Crippen LogP contribution in [0.15, 0.2) is 53.0 Å². The molecule has 1 unspecified atom stereocenters. The SMILES string of the molecule is O=C(Oc1ccccc1Br)C1COc2ccccc2O1. The topological polar surface area (TPSA) is 44.8 Å². The molecule has 0 radical (unpaired) electrons. The van der Waals surface area contributed by atoms with Crippen LogP contribution in [-0.2, 0) is 4.79 Å². The van der Waals surface area contributed by atoms with Crippen molar-refractivity contribution >= 4 is 21.9 Å². The van der Waals surface area contributed by atoms with Gasteiger partial charge in [-0.05, 0) is 40.2 Å². The summed E-state index contributed by atoms with van der Waals surface area (Å²) in [6.07, 6.45) is -0.767. The van der Waals surface area contributed by atoms with Crippen molar-refractivity contribution in [3.8, 4) is 17.2 Å². The lowest BCUT2D eigenvalue weighted by Crippen LogP contribution is -2.39. The molecule has 0 saturated heterocycles. The second-order valence-electron chi connectivity index (χ2n) is 4.22. The van der Waals surface area contributed by atoms with E-state index in [2.05, 4.69) is 15.9 Å². The summed E-state index contributed by atoms with van der Waals surface area (Å²) in [6, 6.07) is 14.4. The lowest BCUT2D eigenvalue weighted by molar-refractivity contribution is -0.144. The van der Waals surface area contributed by atoms with Gasteiger partial charge < -0.3 is 14.2 Å². The molecule has 0 spiro atoms. The third-order valence-corrected chi connectivity index (χ3v) is 3.47. The van der Waals surface area contributed by atoms with E-state index in [0.29, 0.717) is 21.7 Å². The van der Waals surface area contributed by atoms with E-state index in [1.165, 1.54) is 0 Å². The Balaban J connectivity index is 1.72. The Morgan fingerprint density at radius 1 is 1.10 bits per heavy atom. The quantitative estimate of drug-likeness (QED) is 0.625. The fraction of sp³-hybridized carbons (Fsp3) is 0.133. The van der Waals surface area contributed by atoms with E-state index in [-0.39, 0.29) is 6.61 Å². The van der Waals surface area contributed by atoms with Crippen LogP contribution in [0, 0.1) is 0 Å². The molecule has 1 atom stereocenters. The van der Waals surface area contributed by atoms with Crippen LogP contribution in [0.5, 0.6) is 17.2 Å². The number of esters is 1. The number of para-hydroxylation sites is 3. The molecule has 102 valence electrons. The van der Waals surface area contributed by atoms with Gasteiger partial charge in [0, 0.05) is 0 Å². The fourth-order valence-electron chi connectivity index (χ4n) is 1.84. The van der Waals surface area contributed by atoms with Gasteiger partial charge in [0.05, 0.1) is 4.47 Å². The van der Waals surface area contributed by atoms with Crippen LogP contribution >= 0.6 is 15.9 Å². The van der Waals surface area contributed by atoms with E-state index in [1.807, 2.05) is 18.2 Å². The van der Waals surface area contributed by atoms with Crippen LogP contribution in [0.2, 0.25) is 0 Å². The normalized spacial score (nSPS) is 16.6. The molecular weight excluding hydrogens is 324 g/mol. The van der Waals surface area contributed by atoms with E-state index in [0.717, 1.165) is 0 Å². The first-order valence-electron chi connectivity index (χ1n) is 6.09. The van der Waals surface area contributed by atoms with Gasteiger partial charge in [-0.3, -0.25) is 0 Å². The van der Waals surface area contributed by atoms with Gasteiger partial charge in [-0.2, -0.15) is 0 Å². The van der Waals surface area contributed by atoms with Crippen molar-refractivity contribution in [2.45, 2.75) is 6.10 Å². The average molecular weight is 335 g/mol. The predicted octanol–water partition coefficient (Wildman–Crippen LogP) is 3.19. The first-order chi connectivity index (χ1) is 9.74. The summed E-state index contributed by atoms with van der Waals surface area (Å²) in [6.45, 7) is 0.139. The van der Waals surface area contributed by atoms with E-state index in [9.17, 15) is 4.79 Å². The van der Waals surface area contributed by atoms with Gasteiger partial charge in [0.2, 0.25) is 6.10 Å². The zero-order valence-corrected chi connectivity index (χ0v) is 12.0. The molecule has 2 aromatic rings. The zero-order chi connectivity index (χ0) is 13.9. The minimum Gasteiger partial charge on any atom is -0.485 e. The standard InChI is InChI=1S/C15H11BrO4/c16-10-5-1-2-6-11(10)20-15(17)14-9-18-12-7-3-4-8-13(12)19-14/h1-8,14H,9H2. The number of ether oxygens (including phenoxy) is 3. The molecular formula is C15H11BrO4. The molecule has 0 bridgehead atoms. The van der Waals surface area contributed by atoms with Gasteiger partial charge >= 0.3 is 5.97 Å². The molecule has 0 aliphatic carbocycles. The highest BCUT2D eigenvalue weighted by Gasteiger charge is 2.29. The van der Waals surface area contributed by atoms with E-state index in [1.54, 1.807) is 30.3 Å². The van der Waals surface area contributed by atoms with Crippen molar-refractivity contribution in [1.82, 2.24) is 0 Å². The minimum atomic E-state index is -0.767. The maximum Gasteiger partial charge on any atom is 0.356 e. The highest BCUT2D eigenvalue weighted by atomic mass is 79.9. The lowest BCUT2D eigenvalue weighted by Gasteiger charge is -2.24. The predicted molar refractivity (Wildman–Crippen MR) is 76.1 cm³/mol. The molecule has 0 fully saturated rings. The first kappa shape index (κ1) is 13.0. The molecule has 3 rings (SSSR count). The van der Waals surface area contributed by atoms with Gasteiger partial charge in [-0.1, -0.05) is 24.3 Å². The molecule has 0 aromatic heterocycles. The minimum absolute atomic E-state index is 0.139. The number of hydrogen-bond acceptors (Lipinski definition) is 4. The maximum atomic E-state index is 12.1. The zero-order valence-electron chi connectivity index (χ0n) is 10.4. The molecule has 0 N–H and O–H groups in total. The third-order valence-electron chi connectivity index (χ3n) is 2.82. The number of carbonyl (C=O) groups is 1. The summed E-state index contributed by atoms with van der Waals surface area (Å²) < 4.78 is 17.1. The third kappa shape index (κ3) is 2.63. The molecule has 1 aliphatic heterocycles. The summed E-state index contributed by atoms with van der Waals surface area (Å²) in [5, 5.41) is 0. The van der Waals surface area contributed by atoms with Gasteiger partial charge in [0.15, 0.2) is 11.5 Å². The Kier molecular flexibility index (Phi) is 3.60. The van der Waals surface area contributed by atoms with Crippen molar-refractivity contribution in [2.75, 3.05) is 6.61 Å². The molecule has 1 heterocycles. The second-order valence-corrected chi connectivity index (χ2v) is 5.07. The van der Waals surface area contributed by atoms with Crippen LogP contribution in [0.1, 0.15) is 0 Å². The fourth-order valence-corrected chi connectivity index (χ4v) is 2.20. The number of rotatable bonds is 2. The van der Waals surface area contributed by atoms with Crippen LogP contribution in [0.4, 0.5) is 0 Å². The highest BCUT2D eigenvalue weighted by molar-refractivity contribution is 9.10. The Bertz CT molecular complexity index is 641. The van der Waals surface area contributed by atoms with Crippen molar-refractivity contribution in [3.63, 3.8) is 0 Å². The number of fused-ring (bicyclic) bond motifs is 1. The molecule has 1 aliphatic rings. The molecule has 0 saturated carbocycles. The number of carbonyl (C=O) groups excluding carboxylic acids is 1. The largest absolute Gasteiger partial charge is 0.485 e. The highest BCUT2D eigenvalue weighted by Crippen LogP contribution is 2.31. The van der Waals surface area contributed by atoms with Crippen molar-refractivity contribution in [2.24, 2.45) is 0 Å². The molecule has 5 heteroatoms. The molecule has 0 amide bonds. The van der Waals surface area contributed by atoms with Crippen LogP contribution in [-0.4, -0.2) is 18.7 Å². The van der Waals surface area contributed by atoms with Crippen LogP contribution in [0.25, 0.3) is 0 Å². The summed E-state index contributed by atoms with van der Waals surface area (Å²) in [7, 11) is 0. The van der Waals surface area contributed by atoms with E-state index < -0.39 is 12.1 Å². The van der Waals surface area contributed by atoms with E-state index >= 15 is 0 Å². The summed E-state index contributed by atoms with van der Waals surface area (Å²) in [5.41, 5.74) is 0. The Morgan fingerprint density at radius 3 is 2.60 bits per heavy atom. The molecule has 2 aromatic carbocycles. The van der Waals surface area contributed by atoms with Crippen LogP contribution < -0.4 is 14.2 Å². The number of hydrogen-bond donors (Lipinski definition) is 0. The van der Waals surface area contributed by atoms with Gasteiger partial charge in [0.25, 0.3) is 0 Å². The van der Waals surface area contributed by atoms with Crippen molar-refractivity contribution < 1.29 is 19.0 Å². The van der Waals surface area contributed by atoms with Gasteiger partial charge in [-0.15, -0.1) is 0 Å². The monoisotopic (exact) mass is 334 g/mol. The number of benzene rings is 2. The van der Waals surface area contributed by atoms with Crippen molar-refractivity contribution in [3.05, 3.63) is 53.0 Å². The van der Waals surface area contributed by atoms with Gasteiger partial charge in [0.1, 0.15) is 12.4 Å². The summed E-state index contributed by atoms with van der Waals surface area (Å²) in [5.74, 6) is 1.16. The second kappa shape index (κ2) is 5.54. The summed E-state index contributed by atoms with van der Waals surface area (Å²) in [4.78, 5) is 12.1. The van der Waals surface area contributed by atoms with Gasteiger partial charge in [-0.25, -0.2) is 4.79 Å². The maximum absolute atomic E-state index is 12.1. The molecule has 4 nitrogen and oxygen atoms in total. The molecule has 20 heavy (non-hydrogen) atoms. The number of halogens is 1. The van der Waals surface area contributed by atoms with Crippen LogP contribution in [0.3, 0.4) is 0 Å².